The average molecular weight is 419 g/mol. The van der Waals surface area contributed by atoms with E-state index in [2.05, 4.69) is 40.5 Å². The molecule has 5 rings (SSSR count). The predicted octanol–water partition coefficient (Wildman–Crippen LogP) is 4.10. The third kappa shape index (κ3) is 5.16. The second-order valence-corrected chi connectivity index (χ2v) is 9.19. The number of hydrogen-bond acceptors (Lipinski definition) is 4. The van der Waals surface area contributed by atoms with Gasteiger partial charge in [-0.05, 0) is 72.9 Å². The number of likely N-dealkylation sites (tertiary alicyclic amines) is 1. The third-order valence-electron chi connectivity index (χ3n) is 6.64. The van der Waals surface area contributed by atoms with Gasteiger partial charge in [-0.15, -0.1) is 0 Å². The van der Waals surface area contributed by atoms with Crippen molar-refractivity contribution in [2.45, 2.75) is 57.0 Å². The van der Waals surface area contributed by atoms with Gasteiger partial charge in [0.05, 0.1) is 6.54 Å². The lowest BCUT2D eigenvalue weighted by atomic mass is 10.0. The van der Waals surface area contributed by atoms with Gasteiger partial charge in [0, 0.05) is 31.6 Å². The number of nitrogens with zero attached hydrogens (tertiary/aromatic N) is 1. The van der Waals surface area contributed by atoms with Crippen LogP contribution >= 0.6 is 0 Å². The van der Waals surface area contributed by atoms with Crippen LogP contribution in [0.15, 0.2) is 42.5 Å². The first-order valence-corrected chi connectivity index (χ1v) is 11.5. The average Bonchev–Trinajstić information content (AvgIpc) is 3.61. The van der Waals surface area contributed by atoms with Crippen LogP contribution < -0.4 is 10.1 Å². The molecule has 0 unspecified atom stereocenters. The number of ether oxygens (including phenoxy) is 1. The Balaban J connectivity index is 1.07. The van der Waals surface area contributed by atoms with Crippen LogP contribution in [0.5, 0.6) is 5.75 Å². The molecule has 1 amide bonds. The summed E-state index contributed by atoms with van der Waals surface area (Å²) in [6.45, 7) is 2.30. The van der Waals surface area contributed by atoms with Crippen molar-refractivity contribution in [3.05, 3.63) is 59.2 Å². The van der Waals surface area contributed by atoms with Crippen LogP contribution in [0.2, 0.25) is 0 Å². The predicted molar refractivity (Wildman–Crippen MR) is 121 cm³/mol. The molecule has 3 aliphatic rings. The molecule has 1 saturated heterocycles. The zero-order valence-corrected chi connectivity index (χ0v) is 17.9. The summed E-state index contributed by atoms with van der Waals surface area (Å²) in [5.74, 6) is 2.00. The van der Waals surface area contributed by atoms with E-state index in [9.17, 15) is 9.59 Å². The molecule has 0 radical (unpaired) electrons. The molecule has 1 aliphatic carbocycles. The molecule has 2 aliphatic heterocycles. The lowest BCUT2D eigenvalue weighted by molar-refractivity contribution is -0.120. The van der Waals surface area contributed by atoms with Crippen molar-refractivity contribution >= 4 is 17.4 Å². The number of nitrogens with one attached hydrogen (secondary N) is 1. The molecule has 0 bridgehead atoms. The van der Waals surface area contributed by atoms with Gasteiger partial charge in [-0.25, -0.2) is 0 Å². The summed E-state index contributed by atoms with van der Waals surface area (Å²) in [5.41, 5.74) is 4.59. The second-order valence-electron chi connectivity index (χ2n) is 9.19. The number of carbonyl (C=O) groups excluding carboxylic acids is 2. The van der Waals surface area contributed by atoms with Gasteiger partial charge in [0.2, 0.25) is 5.91 Å². The van der Waals surface area contributed by atoms with Crippen molar-refractivity contribution in [2.75, 3.05) is 25.0 Å². The number of rotatable bonds is 7. The van der Waals surface area contributed by atoms with Crippen molar-refractivity contribution in [3.8, 4) is 5.75 Å². The molecule has 2 aromatic rings. The van der Waals surface area contributed by atoms with E-state index in [0.717, 1.165) is 60.8 Å². The fraction of sp³-hybridized carbons (Fsp3) is 0.462. The minimum atomic E-state index is 0.0818. The number of Topliss-reactive ketones (excluding diaryl/α,β-unsaturated/α-hetero) is 1. The van der Waals surface area contributed by atoms with Gasteiger partial charge in [0.1, 0.15) is 11.9 Å². The van der Waals surface area contributed by atoms with E-state index in [1.807, 2.05) is 12.1 Å². The van der Waals surface area contributed by atoms with Crippen LogP contribution in [0.25, 0.3) is 0 Å². The summed E-state index contributed by atoms with van der Waals surface area (Å²) >= 11 is 0. The van der Waals surface area contributed by atoms with Gasteiger partial charge in [-0.1, -0.05) is 24.3 Å². The molecule has 162 valence electrons. The van der Waals surface area contributed by atoms with E-state index in [0.29, 0.717) is 19.4 Å². The van der Waals surface area contributed by atoms with Crippen LogP contribution in [-0.4, -0.2) is 42.3 Å². The maximum absolute atomic E-state index is 12.5. The van der Waals surface area contributed by atoms with Crippen molar-refractivity contribution in [3.63, 3.8) is 0 Å². The van der Waals surface area contributed by atoms with Gasteiger partial charge in [-0.2, -0.15) is 0 Å². The van der Waals surface area contributed by atoms with E-state index >= 15 is 0 Å². The fourth-order valence-corrected chi connectivity index (χ4v) is 4.67. The smallest absolute Gasteiger partial charge is 0.224 e. The van der Waals surface area contributed by atoms with Crippen molar-refractivity contribution in [2.24, 2.45) is 0 Å². The van der Waals surface area contributed by atoms with Crippen LogP contribution in [0, 0.1) is 0 Å². The number of anilines is 1. The lowest BCUT2D eigenvalue weighted by Crippen LogP contribution is -2.41. The number of fused-ring (bicyclic) bond motifs is 1. The number of carbonyl (C=O) groups is 2. The Labute approximate surface area is 183 Å². The Morgan fingerprint density at radius 1 is 1.00 bits per heavy atom. The number of piperidine rings is 1. The van der Waals surface area contributed by atoms with Gasteiger partial charge in [0.25, 0.3) is 0 Å². The molecule has 31 heavy (non-hydrogen) atoms. The second kappa shape index (κ2) is 8.83. The summed E-state index contributed by atoms with van der Waals surface area (Å²) in [7, 11) is 0. The molecule has 2 heterocycles. The minimum absolute atomic E-state index is 0.0818. The van der Waals surface area contributed by atoms with E-state index in [1.54, 1.807) is 0 Å². The van der Waals surface area contributed by atoms with Gasteiger partial charge in [-0.3, -0.25) is 14.5 Å². The number of amides is 1. The fourth-order valence-electron chi connectivity index (χ4n) is 4.67. The standard InChI is InChI=1S/C26H30N2O3/c29-22(15-18-1-3-19(4-2-18)20-5-6-20)17-28-13-11-23(12-14-28)31-24-8-9-25-21(16-24)7-10-26(30)27-25/h1-4,8-9,16,20,23H,5-7,10-15,17H2,(H,27,30). The first-order valence-electron chi connectivity index (χ1n) is 11.5. The topological polar surface area (TPSA) is 58.6 Å². The monoisotopic (exact) mass is 418 g/mol. The van der Waals surface area contributed by atoms with Crippen molar-refractivity contribution < 1.29 is 14.3 Å². The van der Waals surface area contributed by atoms with E-state index in [4.69, 9.17) is 4.74 Å². The van der Waals surface area contributed by atoms with Crippen LogP contribution in [0.4, 0.5) is 5.69 Å². The number of aryl methyl sites for hydroxylation is 1. The Hall–Kier alpha value is -2.66. The van der Waals surface area contributed by atoms with E-state index < -0.39 is 0 Å². The third-order valence-corrected chi connectivity index (χ3v) is 6.64. The molecule has 2 aromatic carbocycles. The molecular formula is C26H30N2O3. The highest BCUT2D eigenvalue weighted by Gasteiger charge is 2.24. The maximum Gasteiger partial charge on any atom is 0.224 e. The number of benzene rings is 2. The molecule has 1 saturated carbocycles. The first-order chi connectivity index (χ1) is 15.1. The highest BCUT2D eigenvalue weighted by Crippen LogP contribution is 2.39. The Bertz CT molecular complexity index is 957. The van der Waals surface area contributed by atoms with Gasteiger partial charge < -0.3 is 10.1 Å². The van der Waals surface area contributed by atoms with Crippen LogP contribution in [-0.2, 0) is 22.4 Å². The zero-order chi connectivity index (χ0) is 21.2. The van der Waals surface area contributed by atoms with Crippen LogP contribution in [0.3, 0.4) is 0 Å². The van der Waals surface area contributed by atoms with Crippen molar-refractivity contribution in [1.29, 1.82) is 0 Å². The molecule has 2 fully saturated rings. The maximum atomic E-state index is 12.5. The summed E-state index contributed by atoms with van der Waals surface area (Å²) in [4.78, 5) is 26.3. The molecule has 5 nitrogen and oxygen atoms in total. The quantitative estimate of drug-likeness (QED) is 0.735. The Morgan fingerprint density at radius 3 is 2.52 bits per heavy atom. The summed E-state index contributed by atoms with van der Waals surface area (Å²) in [5, 5.41) is 2.91. The molecular weight excluding hydrogens is 388 g/mol. The molecule has 0 aromatic heterocycles. The largest absolute Gasteiger partial charge is 0.490 e. The van der Waals surface area contributed by atoms with E-state index in [1.165, 1.54) is 18.4 Å². The highest BCUT2D eigenvalue weighted by molar-refractivity contribution is 5.94. The number of hydrogen-bond donors (Lipinski definition) is 1. The van der Waals surface area contributed by atoms with E-state index in [-0.39, 0.29) is 17.8 Å². The summed E-state index contributed by atoms with van der Waals surface area (Å²) < 4.78 is 6.21. The molecule has 0 atom stereocenters. The molecule has 0 spiro atoms. The van der Waals surface area contributed by atoms with Gasteiger partial charge >= 0.3 is 0 Å². The highest BCUT2D eigenvalue weighted by atomic mass is 16.5. The zero-order valence-electron chi connectivity index (χ0n) is 17.9. The minimum Gasteiger partial charge on any atom is -0.490 e. The molecule has 1 N–H and O–H groups in total. The van der Waals surface area contributed by atoms with Gasteiger partial charge in [0.15, 0.2) is 5.78 Å². The van der Waals surface area contributed by atoms with Crippen molar-refractivity contribution in [1.82, 2.24) is 4.90 Å². The normalized spacial score (nSPS) is 19.5. The molecule has 5 heteroatoms. The SMILES string of the molecule is O=C(Cc1ccc(C2CC2)cc1)CN1CCC(Oc2ccc3c(c2)CCC(=O)N3)CC1. The summed E-state index contributed by atoms with van der Waals surface area (Å²) in [6, 6.07) is 14.6. The lowest BCUT2D eigenvalue weighted by Gasteiger charge is -2.32. The first kappa shape index (κ1) is 20.3. The number of ketones is 1. The van der Waals surface area contributed by atoms with Crippen LogP contribution in [0.1, 0.15) is 54.7 Å². The Morgan fingerprint density at radius 2 is 1.77 bits per heavy atom. The summed E-state index contributed by atoms with van der Waals surface area (Å²) in [6.07, 6.45) is 6.47. The Kier molecular flexibility index (Phi) is 5.77.